The van der Waals surface area contributed by atoms with Crippen LogP contribution in [0.1, 0.15) is 15.9 Å². The van der Waals surface area contributed by atoms with Gasteiger partial charge in [0.25, 0.3) is 0 Å². The van der Waals surface area contributed by atoms with E-state index in [4.69, 9.17) is 5.11 Å². The number of halogens is 1. The van der Waals surface area contributed by atoms with Gasteiger partial charge < -0.3 is 5.11 Å². The minimum Gasteiger partial charge on any atom is -0.478 e. The first-order valence-electron chi connectivity index (χ1n) is 3.30. The molecule has 0 aromatic heterocycles. The highest BCUT2D eigenvalue weighted by Gasteiger charge is 2.07. The molecule has 0 heterocycles. The zero-order valence-corrected chi connectivity index (χ0v) is 7.84. The second-order valence-corrected chi connectivity index (χ2v) is 3.16. The summed E-state index contributed by atoms with van der Waals surface area (Å²) in [5, 5.41) is 8.75. The average Bonchev–Trinajstić information content (AvgIpc) is 2.04. The van der Waals surface area contributed by atoms with Crippen LogP contribution in [0, 0.1) is 0 Å². The van der Waals surface area contributed by atoms with E-state index < -0.39 is 5.97 Å². The molecular weight excluding hydrogens is 220 g/mol. The van der Waals surface area contributed by atoms with Crippen molar-refractivity contribution in [1.82, 2.24) is 0 Å². The van der Waals surface area contributed by atoms with Gasteiger partial charge in [-0.25, -0.2) is 4.79 Å². The average molecular weight is 227 g/mol. The number of carbonyl (C=O) groups is 1. The lowest BCUT2D eigenvalue weighted by molar-refractivity contribution is 0.0696. The van der Waals surface area contributed by atoms with Crippen LogP contribution in [-0.4, -0.2) is 11.1 Å². The van der Waals surface area contributed by atoms with Crippen LogP contribution in [-0.2, 0) is 0 Å². The molecule has 0 aliphatic rings. The van der Waals surface area contributed by atoms with E-state index in [1.807, 2.05) is 0 Å². The standard InChI is InChI=1S/C9H7BrO2/c1-2-6-3-4-7(10)5-8(6)9(11)12/h2-5H,1H2,(H,11,12). The normalized spacial score (nSPS) is 9.42. The van der Waals surface area contributed by atoms with Gasteiger partial charge in [-0.15, -0.1) is 0 Å². The summed E-state index contributed by atoms with van der Waals surface area (Å²) in [4.78, 5) is 10.7. The summed E-state index contributed by atoms with van der Waals surface area (Å²) in [5.41, 5.74) is 0.894. The Morgan fingerprint density at radius 1 is 1.58 bits per heavy atom. The molecule has 0 saturated heterocycles. The van der Waals surface area contributed by atoms with Gasteiger partial charge in [0.1, 0.15) is 0 Å². The zero-order chi connectivity index (χ0) is 9.14. The molecule has 2 nitrogen and oxygen atoms in total. The summed E-state index contributed by atoms with van der Waals surface area (Å²) in [6, 6.07) is 5.04. The van der Waals surface area contributed by atoms with Crippen molar-refractivity contribution in [1.29, 1.82) is 0 Å². The van der Waals surface area contributed by atoms with Crippen LogP contribution >= 0.6 is 15.9 Å². The molecule has 0 aliphatic carbocycles. The number of aromatic carboxylic acids is 1. The Morgan fingerprint density at radius 2 is 2.25 bits per heavy atom. The SMILES string of the molecule is C=Cc1ccc(Br)cc1C(=O)O. The van der Waals surface area contributed by atoms with Crippen molar-refractivity contribution >= 4 is 28.0 Å². The number of carboxylic acids is 1. The van der Waals surface area contributed by atoms with Crippen molar-refractivity contribution in [3.8, 4) is 0 Å². The highest BCUT2D eigenvalue weighted by atomic mass is 79.9. The van der Waals surface area contributed by atoms with E-state index in [1.165, 1.54) is 6.08 Å². The predicted octanol–water partition coefficient (Wildman–Crippen LogP) is 2.79. The molecule has 62 valence electrons. The van der Waals surface area contributed by atoms with E-state index in [0.717, 1.165) is 4.47 Å². The quantitative estimate of drug-likeness (QED) is 0.843. The van der Waals surface area contributed by atoms with E-state index in [9.17, 15) is 4.79 Å². The molecule has 0 atom stereocenters. The van der Waals surface area contributed by atoms with Gasteiger partial charge in [-0.3, -0.25) is 0 Å². The van der Waals surface area contributed by atoms with Gasteiger partial charge in [-0.05, 0) is 17.7 Å². The van der Waals surface area contributed by atoms with Crippen LogP contribution < -0.4 is 0 Å². The molecule has 0 unspecified atom stereocenters. The maximum Gasteiger partial charge on any atom is 0.336 e. The monoisotopic (exact) mass is 226 g/mol. The van der Waals surface area contributed by atoms with Gasteiger partial charge in [0.15, 0.2) is 0 Å². The highest BCUT2D eigenvalue weighted by molar-refractivity contribution is 9.10. The smallest absolute Gasteiger partial charge is 0.336 e. The number of rotatable bonds is 2. The van der Waals surface area contributed by atoms with E-state index >= 15 is 0 Å². The minimum atomic E-state index is -0.939. The largest absolute Gasteiger partial charge is 0.478 e. The topological polar surface area (TPSA) is 37.3 Å². The number of carboxylic acid groups (broad SMARTS) is 1. The van der Waals surface area contributed by atoms with Crippen molar-refractivity contribution in [3.05, 3.63) is 40.4 Å². The molecule has 1 aromatic rings. The van der Waals surface area contributed by atoms with Crippen molar-refractivity contribution in [3.63, 3.8) is 0 Å². The van der Waals surface area contributed by atoms with Crippen LogP contribution in [0.5, 0.6) is 0 Å². The van der Waals surface area contributed by atoms with Crippen LogP contribution in [0.25, 0.3) is 6.08 Å². The zero-order valence-electron chi connectivity index (χ0n) is 6.25. The van der Waals surface area contributed by atoms with Gasteiger partial charge in [0.2, 0.25) is 0 Å². The Kier molecular flexibility index (Phi) is 2.65. The van der Waals surface area contributed by atoms with E-state index in [0.29, 0.717) is 5.56 Å². The fourth-order valence-electron chi connectivity index (χ4n) is 0.892. The third kappa shape index (κ3) is 1.74. The lowest BCUT2D eigenvalue weighted by Gasteiger charge is -2.00. The molecular formula is C9H7BrO2. The summed E-state index contributed by atoms with van der Waals surface area (Å²) in [6.07, 6.45) is 1.52. The van der Waals surface area contributed by atoms with Crippen molar-refractivity contribution in [2.75, 3.05) is 0 Å². The first kappa shape index (κ1) is 9.00. The first-order valence-corrected chi connectivity index (χ1v) is 4.09. The molecule has 12 heavy (non-hydrogen) atoms. The van der Waals surface area contributed by atoms with E-state index in [1.54, 1.807) is 18.2 Å². The predicted molar refractivity (Wildman–Crippen MR) is 51.2 cm³/mol. The summed E-state index contributed by atoms with van der Waals surface area (Å²) >= 11 is 3.20. The molecule has 0 radical (unpaired) electrons. The van der Waals surface area contributed by atoms with Gasteiger partial charge in [0, 0.05) is 4.47 Å². The molecule has 0 spiro atoms. The fraction of sp³-hybridized carbons (Fsp3) is 0. The van der Waals surface area contributed by atoms with Gasteiger partial charge in [-0.2, -0.15) is 0 Å². The Labute approximate surface area is 78.7 Å². The van der Waals surface area contributed by atoms with E-state index in [-0.39, 0.29) is 5.56 Å². The summed E-state index contributed by atoms with van der Waals surface area (Å²) in [7, 11) is 0. The number of benzene rings is 1. The van der Waals surface area contributed by atoms with Crippen LogP contribution in [0.15, 0.2) is 29.3 Å². The van der Waals surface area contributed by atoms with Gasteiger partial charge in [0.05, 0.1) is 5.56 Å². The lowest BCUT2D eigenvalue weighted by atomic mass is 10.1. The number of hydrogen-bond acceptors (Lipinski definition) is 1. The third-order valence-electron chi connectivity index (χ3n) is 1.47. The Bertz CT molecular complexity index is 331. The Hall–Kier alpha value is -1.09. The van der Waals surface area contributed by atoms with Crippen LogP contribution in [0.2, 0.25) is 0 Å². The van der Waals surface area contributed by atoms with Crippen molar-refractivity contribution < 1.29 is 9.90 Å². The van der Waals surface area contributed by atoms with Crippen molar-refractivity contribution in [2.24, 2.45) is 0 Å². The Balaban J connectivity index is 3.30. The summed E-state index contributed by atoms with van der Waals surface area (Å²) in [5.74, 6) is -0.939. The second kappa shape index (κ2) is 3.54. The molecule has 0 amide bonds. The lowest BCUT2D eigenvalue weighted by Crippen LogP contribution is -1.98. The molecule has 0 fully saturated rings. The van der Waals surface area contributed by atoms with Crippen LogP contribution in [0.4, 0.5) is 0 Å². The summed E-state index contributed by atoms with van der Waals surface area (Å²) < 4.78 is 0.755. The molecule has 1 rings (SSSR count). The van der Waals surface area contributed by atoms with E-state index in [2.05, 4.69) is 22.5 Å². The maximum atomic E-state index is 10.7. The molecule has 0 saturated carbocycles. The maximum absolute atomic E-state index is 10.7. The van der Waals surface area contributed by atoms with Gasteiger partial charge >= 0.3 is 5.97 Å². The first-order chi connectivity index (χ1) is 5.65. The van der Waals surface area contributed by atoms with Gasteiger partial charge in [-0.1, -0.05) is 34.7 Å². The highest BCUT2D eigenvalue weighted by Crippen LogP contribution is 2.17. The molecule has 1 aromatic carbocycles. The molecule has 3 heteroatoms. The molecule has 0 aliphatic heterocycles. The third-order valence-corrected chi connectivity index (χ3v) is 1.96. The fourth-order valence-corrected chi connectivity index (χ4v) is 1.25. The second-order valence-electron chi connectivity index (χ2n) is 2.24. The minimum absolute atomic E-state index is 0.263. The Morgan fingerprint density at radius 3 is 2.75 bits per heavy atom. The number of hydrogen-bond donors (Lipinski definition) is 1. The summed E-state index contributed by atoms with van der Waals surface area (Å²) in [6.45, 7) is 3.53. The van der Waals surface area contributed by atoms with Crippen LogP contribution in [0.3, 0.4) is 0 Å². The molecule has 1 N–H and O–H groups in total. The van der Waals surface area contributed by atoms with Crippen molar-refractivity contribution in [2.45, 2.75) is 0 Å². The molecule has 0 bridgehead atoms.